The van der Waals surface area contributed by atoms with Crippen LogP contribution in [0.2, 0.25) is 0 Å². The summed E-state index contributed by atoms with van der Waals surface area (Å²) in [7, 11) is 0. The third kappa shape index (κ3) is 5.84. The Hall–Kier alpha value is -2.50. The zero-order valence-corrected chi connectivity index (χ0v) is 20.1. The highest BCUT2D eigenvalue weighted by Gasteiger charge is 2.36. The van der Waals surface area contributed by atoms with E-state index in [9.17, 15) is 0 Å². The van der Waals surface area contributed by atoms with Gasteiger partial charge in [0.15, 0.2) is 5.11 Å². The van der Waals surface area contributed by atoms with Crippen molar-refractivity contribution in [3.05, 3.63) is 90.0 Å². The fourth-order valence-electron chi connectivity index (χ4n) is 4.25. The monoisotopic (exact) mass is 462 g/mol. The average Bonchev–Trinajstić information content (AvgIpc) is 3.29. The first-order valence-electron chi connectivity index (χ1n) is 11.3. The van der Waals surface area contributed by atoms with E-state index in [-0.39, 0.29) is 5.54 Å². The molecule has 3 aromatic carbocycles. The second-order valence-corrected chi connectivity index (χ2v) is 9.58. The molecule has 0 radical (unpaired) electrons. The number of thiocarbonyl (C=S) groups is 1. The van der Waals surface area contributed by atoms with Crippen molar-refractivity contribution in [1.82, 2.24) is 5.32 Å². The van der Waals surface area contributed by atoms with Crippen molar-refractivity contribution in [2.45, 2.75) is 48.8 Å². The Morgan fingerprint density at radius 2 is 1.62 bits per heavy atom. The lowest BCUT2D eigenvalue weighted by atomic mass is 9.88. The molecule has 5 heteroatoms. The van der Waals surface area contributed by atoms with Crippen LogP contribution in [-0.4, -0.2) is 11.7 Å². The van der Waals surface area contributed by atoms with Gasteiger partial charge < -0.3 is 15.4 Å². The molecule has 3 aromatic rings. The van der Waals surface area contributed by atoms with E-state index in [2.05, 4.69) is 83.4 Å². The van der Waals surface area contributed by atoms with Gasteiger partial charge in [0.05, 0.1) is 12.1 Å². The fraction of sp³-hybridized carbons (Fsp3) is 0.296. The molecule has 3 nitrogen and oxygen atoms in total. The van der Waals surface area contributed by atoms with Gasteiger partial charge in [-0.1, -0.05) is 55.3 Å². The fourth-order valence-corrected chi connectivity index (χ4v) is 5.44. The Morgan fingerprint density at radius 3 is 2.28 bits per heavy atom. The lowest BCUT2D eigenvalue weighted by Gasteiger charge is -2.32. The number of hydrogen-bond acceptors (Lipinski definition) is 3. The summed E-state index contributed by atoms with van der Waals surface area (Å²) in [6.45, 7) is 2.69. The summed E-state index contributed by atoms with van der Waals surface area (Å²) in [5.74, 6) is 1.86. The maximum Gasteiger partial charge on any atom is 0.171 e. The molecular formula is C27H30N2OS2. The molecule has 0 unspecified atom stereocenters. The SMILES string of the molecule is CCOc1ccc(C2(NC(=S)Nc3ccc(CSc4ccccc4)cc3)CCCC2)cc1. The van der Waals surface area contributed by atoms with Crippen molar-refractivity contribution in [3.8, 4) is 5.75 Å². The molecule has 1 aliphatic rings. The quantitative estimate of drug-likeness (QED) is 0.275. The summed E-state index contributed by atoms with van der Waals surface area (Å²) in [6, 6.07) is 27.5. The van der Waals surface area contributed by atoms with Gasteiger partial charge in [0.1, 0.15) is 5.75 Å². The van der Waals surface area contributed by atoms with Crippen LogP contribution in [0.15, 0.2) is 83.8 Å². The van der Waals surface area contributed by atoms with Crippen molar-refractivity contribution in [2.24, 2.45) is 0 Å². The van der Waals surface area contributed by atoms with Crippen LogP contribution >= 0.6 is 24.0 Å². The summed E-state index contributed by atoms with van der Waals surface area (Å²) in [5.41, 5.74) is 3.47. The van der Waals surface area contributed by atoms with Gasteiger partial charge in [0.25, 0.3) is 0 Å². The first-order chi connectivity index (χ1) is 15.7. The van der Waals surface area contributed by atoms with E-state index < -0.39 is 0 Å². The van der Waals surface area contributed by atoms with Gasteiger partial charge in [-0.05, 0) is 79.5 Å². The second-order valence-electron chi connectivity index (χ2n) is 8.12. The third-order valence-electron chi connectivity index (χ3n) is 5.89. The lowest BCUT2D eigenvalue weighted by Crippen LogP contribution is -2.45. The van der Waals surface area contributed by atoms with Crippen LogP contribution < -0.4 is 15.4 Å². The predicted octanol–water partition coefficient (Wildman–Crippen LogP) is 7.13. The minimum absolute atomic E-state index is 0.110. The summed E-state index contributed by atoms with van der Waals surface area (Å²) >= 11 is 7.56. The number of hydrogen-bond donors (Lipinski definition) is 2. The second kappa shape index (κ2) is 10.9. The molecule has 0 amide bonds. The Balaban J connectivity index is 1.36. The van der Waals surface area contributed by atoms with Crippen LogP contribution in [0.5, 0.6) is 5.75 Å². The zero-order chi connectivity index (χ0) is 22.2. The highest BCUT2D eigenvalue weighted by atomic mass is 32.2. The van der Waals surface area contributed by atoms with Crippen LogP contribution in [0.3, 0.4) is 0 Å². The average molecular weight is 463 g/mol. The Morgan fingerprint density at radius 1 is 0.938 bits per heavy atom. The minimum atomic E-state index is -0.110. The maximum absolute atomic E-state index is 5.71. The normalized spacial score (nSPS) is 14.7. The van der Waals surface area contributed by atoms with Gasteiger partial charge >= 0.3 is 0 Å². The number of benzene rings is 3. The van der Waals surface area contributed by atoms with E-state index in [1.807, 2.05) is 24.8 Å². The van der Waals surface area contributed by atoms with Gasteiger partial charge in [-0.3, -0.25) is 0 Å². The van der Waals surface area contributed by atoms with Crippen LogP contribution in [0.1, 0.15) is 43.7 Å². The van der Waals surface area contributed by atoms with E-state index in [1.54, 1.807) is 0 Å². The Kier molecular flexibility index (Phi) is 7.72. The van der Waals surface area contributed by atoms with Crippen molar-refractivity contribution in [2.75, 3.05) is 11.9 Å². The molecule has 0 aliphatic heterocycles. The Bertz CT molecular complexity index is 998. The van der Waals surface area contributed by atoms with Gasteiger partial charge in [0, 0.05) is 16.3 Å². The molecule has 4 rings (SSSR count). The lowest BCUT2D eigenvalue weighted by molar-refractivity contribution is 0.339. The molecule has 0 saturated heterocycles. The van der Waals surface area contributed by atoms with E-state index >= 15 is 0 Å². The van der Waals surface area contributed by atoms with Crippen LogP contribution in [-0.2, 0) is 11.3 Å². The summed E-state index contributed by atoms with van der Waals surface area (Å²) in [5, 5.41) is 7.70. The topological polar surface area (TPSA) is 33.3 Å². The molecule has 0 bridgehead atoms. The van der Waals surface area contributed by atoms with Crippen molar-refractivity contribution >= 4 is 34.8 Å². The molecule has 1 saturated carbocycles. The number of ether oxygens (including phenoxy) is 1. The van der Waals surface area contributed by atoms with Crippen molar-refractivity contribution < 1.29 is 4.74 Å². The van der Waals surface area contributed by atoms with Crippen molar-refractivity contribution in [3.63, 3.8) is 0 Å². The minimum Gasteiger partial charge on any atom is -0.494 e. The number of nitrogens with one attached hydrogen (secondary N) is 2. The summed E-state index contributed by atoms with van der Waals surface area (Å²) < 4.78 is 5.61. The van der Waals surface area contributed by atoms with Crippen LogP contribution in [0.25, 0.3) is 0 Å². The first kappa shape index (κ1) is 22.7. The van der Waals surface area contributed by atoms with E-state index in [1.165, 1.54) is 28.9 Å². The number of anilines is 1. The molecule has 1 aliphatic carbocycles. The maximum atomic E-state index is 5.71. The highest BCUT2D eigenvalue weighted by Crippen LogP contribution is 2.39. The molecule has 1 fully saturated rings. The van der Waals surface area contributed by atoms with Gasteiger partial charge in [0.2, 0.25) is 0 Å². The Labute approximate surface area is 201 Å². The molecule has 0 aromatic heterocycles. The van der Waals surface area contributed by atoms with Crippen LogP contribution in [0.4, 0.5) is 5.69 Å². The summed E-state index contributed by atoms with van der Waals surface area (Å²) in [6.07, 6.45) is 4.57. The smallest absolute Gasteiger partial charge is 0.171 e. The summed E-state index contributed by atoms with van der Waals surface area (Å²) in [4.78, 5) is 1.29. The third-order valence-corrected chi connectivity index (χ3v) is 7.18. The van der Waals surface area contributed by atoms with E-state index in [0.717, 1.165) is 30.0 Å². The predicted molar refractivity (Wildman–Crippen MR) is 140 cm³/mol. The standard InChI is InChI=1S/C27H30N2OS2/c1-2-30-24-16-12-22(13-17-24)27(18-6-7-19-27)29-26(31)28-23-14-10-21(11-15-23)20-32-25-8-4-3-5-9-25/h3-5,8-17H,2,6-7,18-20H2,1H3,(H2,28,29,31). The van der Waals surface area contributed by atoms with Gasteiger partial charge in [-0.15, -0.1) is 11.8 Å². The van der Waals surface area contributed by atoms with Gasteiger partial charge in [-0.25, -0.2) is 0 Å². The highest BCUT2D eigenvalue weighted by molar-refractivity contribution is 7.98. The first-order valence-corrected chi connectivity index (χ1v) is 12.7. The van der Waals surface area contributed by atoms with E-state index in [0.29, 0.717) is 11.7 Å². The molecule has 0 heterocycles. The van der Waals surface area contributed by atoms with Crippen molar-refractivity contribution in [1.29, 1.82) is 0 Å². The molecule has 0 spiro atoms. The number of thioether (sulfide) groups is 1. The van der Waals surface area contributed by atoms with Crippen LogP contribution in [0, 0.1) is 0 Å². The molecule has 32 heavy (non-hydrogen) atoms. The largest absolute Gasteiger partial charge is 0.494 e. The molecule has 2 N–H and O–H groups in total. The zero-order valence-electron chi connectivity index (χ0n) is 18.5. The molecule has 166 valence electrons. The van der Waals surface area contributed by atoms with E-state index in [4.69, 9.17) is 17.0 Å². The molecule has 0 atom stereocenters. The molecular weight excluding hydrogens is 432 g/mol. The number of rotatable bonds is 8. The van der Waals surface area contributed by atoms with Gasteiger partial charge in [-0.2, -0.15) is 0 Å².